The quantitative estimate of drug-likeness (QED) is 0.108. The molecule has 2 aromatic rings. The monoisotopic (exact) mass is 600 g/mol. The van der Waals surface area contributed by atoms with Gasteiger partial charge in [0.15, 0.2) is 0 Å². The van der Waals surface area contributed by atoms with Crippen LogP contribution in [0.5, 0.6) is 5.75 Å². The summed E-state index contributed by atoms with van der Waals surface area (Å²) in [5.41, 5.74) is 4.50. The van der Waals surface area contributed by atoms with Gasteiger partial charge in [0.05, 0.1) is 7.11 Å². The number of hydrogen-bond donors (Lipinski definition) is 1. The highest BCUT2D eigenvalue weighted by atomic mass is 32.1. The first-order valence-electron chi connectivity index (χ1n) is 15.6. The van der Waals surface area contributed by atoms with E-state index in [9.17, 15) is 4.79 Å². The zero-order chi connectivity index (χ0) is 32.5. The normalized spacial score (nSPS) is 12.0. The molecule has 0 spiro atoms. The molecule has 0 fully saturated rings. The molecule has 1 aromatic heterocycles. The van der Waals surface area contributed by atoms with Crippen molar-refractivity contribution in [1.82, 2.24) is 15.2 Å². The van der Waals surface area contributed by atoms with Crippen molar-refractivity contribution in [3.63, 3.8) is 0 Å². The van der Waals surface area contributed by atoms with Crippen molar-refractivity contribution in [2.75, 3.05) is 27.2 Å². The van der Waals surface area contributed by atoms with Crippen LogP contribution in [0.2, 0.25) is 0 Å². The van der Waals surface area contributed by atoms with E-state index in [1.54, 1.807) is 18.4 Å². The van der Waals surface area contributed by atoms with Crippen LogP contribution in [-0.4, -0.2) is 49.4 Å². The molecular weight excluding hydrogens is 540 g/mol. The number of benzene rings is 1. The first kappa shape index (κ1) is 39.3. The van der Waals surface area contributed by atoms with E-state index in [2.05, 4.69) is 89.3 Å². The third kappa shape index (κ3) is 12.7. The summed E-state index contributed by atoms with van der Waals surface area (Å²) in [6.45, 7) is 28.9. The number of amidine groups is 1. The summed E-state index contributed by atoms with van der Waals surface area (Å²) < 4.78 is 5.83. The Morgan fingerprint density at radius 2 is 1.86 bits per heavy atom. The molecule has 0 aliphatic heterocycles. The summed E-state index contributed by atoms with van der Waals surface area (Å²) in [4.78, 5) is 23.0. The van der Waals surface area contributed by atoms with Gasteiger partial charge in [0, 0.05) is 54.5 Å². The number of amides is 1. The van der Waals surface area contributed by atoms with Crippen molar-refractivity contribution in [2.45, 2.75) is 119 Å². The molecule has 1 amide bonds. The molecule has 2 rings (SSSR count). The molecule has 1 unspecified atom stereocenters. The Bertz CT molecular complexity index is 1100. The minimum Gasteiger partial charge on any atom is -0.496 e. The number of aromatic nitrogens is 1. The summed E-state index contributed by atoms with van der Waals surface area (Å²) in [6, 6.07) is 4.50. The predicted molar refractivity (Wildman–Crippen MR) is 185 cm³/mol. The maximum atomic E-state index is 10.4. The van der Waals surface area contributed by atoms with E-state index in [1.807, 2.05) is 34.0 Å². The fraction of sp³-hybridized carbons (Fsp3) is 0.629. The first-order valence-corrected chi connectivity index (χ1v) is 16.5. The summed E-state index contributed by atoms with van der Waals surface area (Å²) in [6.07, 6.45) is 6.91. The summed E-state index contributed by atoms with van der Waals surface area (Å²) >= 11 is 1.79. The van der Waals surface area contributed by atoms with Crippen LogP contribution in [0.3, 0.4) is 0 Å². The smallest absolute Gasteiger partial charge is 0.207 e. The second-order valence-electron chi connectivity index (χ2n) is 11.6. The Hall–Kier alpha value is -2.67. The number of rotatable bonds is 13. The highest BCUT2D eigenvalue weighted by Gasteiger charge is 2.25. The van der Waals surface area contributed by atoms with Gasteiger partial charge in [0.25, 0.3) is 0 Å². The van der Waals surface area contributed by atoms with Crippen molar-refractivity contribution in [3.05, 3.63) is 46.6 Å². The lowest BCUT2D eigenvalue weighted by Gasteiger charge is -2.26. The zero-order valence-electron chi connectivity index (χ0n) is 29.0. The highest BCUT2D eigenvalue weighted by Crippen LogP contribution is 2.42. The van der Waals surface area contributed by atoms with E-state index >= 15 is 0 Å². The van der Waals surface area contributed by atoms with Gasteiger partial charge in [-0.05, 0) is 68.1 Å². The van der Waals surface area contributed by atoms with Gasteiger partial charge in [-0.25, -0.2) is 9.98 Å². The molecule has 0 aliphatic carbocycles. The van der Waals surface area contributed by atoms with Gasteiger partial charge in [-0.1, -0.05) is 68.9 Å². The van der Waals surface area contributed by atoms with Crippen molar-refractivity contribution < 1.29 is 9.53 Å². The minimum absolute atomic E-state index is 0.0113. The van der Waals surface area contributed by atoms with E-state index in [0.29, 0.717) is 11.8 Å². The van der Waals surface area contributed by atoms with Crippen LogP contribution in [0.4, 0.5) is 0 Å². The maximum Gasteiger partial charge on any atom is 0.207 e. The Kier molecular flexibility index (Phi) is 19.0. The maximum absolute atomic E-state index is 10.4. The van der Waals surface area contributed by atoms with E-state index in [4.69, 9.17) is 9.72 Å². The molecule has 1 N–H and O–H groups in total. The third-order valence-corrected chi connectivity index (χ3v) is 8.13. The molecule has 0 aliphatic rings. The second-order valence-corrected chi connectivity index (χ2v) is 12.6. The zero-order valence-corrected chi connectivity index (χ0v) is 29.8. The number of nitrogens with zero attached hydrogens (tertiary/aromatic N) is 3. The second kappa shape index (κ2) is 20.3. The Morgan fingerprint density at radius 3 is 2.31 bits per heavy atom. The number of allylic oxidation sites excluding steroid dienone is 1. The number of methoxy groups -OCH3 is 1. The topological polar surface area (TPSA) is 66.8 Å². The van der Waals surface area contributed by atoms with Gasteiger partial charge in [0.1, 0.15) is 16.6 Å². The summed E-state index contributed by atoms with van der Waals surface area (Å²) in [5.74, 6) is 2.97. The first-order chi connectivity index (χ1) is 19.8. The number of carbonyl (C=O) groups excluding carboxylic acids is 1. The fourth-order valence-electron chi connectivity index (χ4n) is 4.49. The Labute approximate surface area is 262 Å². The summed E-state index contributed by atoms with van der Waals surface area (Å²) in [5, 5.41) is 3.82. The van der Waals surface area contributed by atoms with Gasteiger partial charge in [-0.2, -0.15) is 0 Å². The van der Waals surface area contributed by atoms with Crippen LogP contribution in [0.1, 0.15) is 130 Å². The average molecular weight is 601 g/mol. The number of ether oxygens (including phenoxy) is 1. The van der Waals surface area contributed by atoms with E-state index < -0.39 is 0 Å². The molecule has 0 radical (unpaired) electrons. The van der Waals surface area contributed by atoms with Crippen LogP contribution in [0.25, 0.3) is 10.6 Å². The standard InChI is InChI=1S/C24H36N2O2S.C9H18N2.C2H6/c1-8-17(10-9-11-25-15-27)21-14-26-23(29-21)18-12-19(16(2)3)22(28-7)20(13-18)24(4,5)6;1-6-9(10-8(3)4)11(5)7-2;1-2/h12-17H,8-11H2,1-7H3,(H,25,27);3,6-7H2,1-2,4-5H3;1-2H3. The van der Waals surface area contributed by atoms with Crippen LogP contribution >= 0.6 is 11.3 Å². The van der Waals surface area contributed by atoms with Crippen LogP contribution in [0.15, 0.2) is 35.6 Å². The Morgan fingerprint density at radius 1 is 1.21 bits per heavy atom. The molecule has 7 heteroatoms. The number of aliphatic imine (C=N–C) groups is 1. The molecule has 1 aromatic carbocycles. The molecule has 1 atom stereocenters. The van der Waals surface area contributed by atoms with Crippen LogP contribution in [0, 0.1) is 0 Å². The molecule has 0 saturated heterocycles. The van der Waals surface area contributed by atoms with Crippen molar-refractivity contribution in [3.8, 4) is 16.3 Å². The third-order valence-electron chi connectivity index (χ3n) is 6.93. The van der Waals surface area contributed by atoms with Crippen molar-refractivity contribution in [1.29, 1.82) is 0 Å². The lowest BCUT2D eigenvalue weighted by Crippen LogP contribution is -2.25. The van der Waals surface area contributed by atoms with Gasteiger partial charge in [0.2, 0.25) is 6.41 Å². The lowest BCUT2D eigenvalue weighted by molar-refractivity contribution is -0.109. The van der Waals surface area contributed by atoms with Gasteiger partial charge < -0.3 is 15.0 Å². The number of hydrogen-bond acceptors (Lipinski definition) is 5. The van der Waals surface area contributed by atoms with Crippen LogP contribution in [-0.2, 0) is 10.2 Å². The van der Waals surface area contributed by atoms with Gasteiger partial charge in [-0.3, -0.25) is 4.79 Å². The van der Waals surface area contributed by atoms with E-state index in [0.717, 1.165) is 67.5 Å². The molecular formula is C35H60N4O2S. The van der Waals surface area contributed by atoms with Crippen molar-refractivity contribution in [2.24, 2.45) is 4.99 Å². The molecule has 0 saturated carbocycles. The molecule has 238 valence electrons. The number of thiazole rings is 1. The molecule has 0 bridgehead atoms. The number of carbonyl (C=O) groups is 1. The molecule has 42 heavy (non-hydrogen) atoms. The lowest BCUT2D eigenvalue weighted by atomic mass is 9.82. The van der Waals surface area contributed by atoms with Gasteiger partial charge in [-0.15, -0.1) is 11.3 Å². The molecule has 6 nitrogen and oxygen atoms in total. The highest BCUT2D eigenvalue weighted by molar-refractivity contribution is 7.15. The van der Waals surface area contributed by atoms with Crippen LogP contribution < -0.4 is 10.1 Å². The van der Waals surface area contributed by atoms with Crippen molar-refractivity contribution >= 4 is 23.6 Å². The van der Waals surface area contributed by atoms with E-state index in [-0.39, 0.29) is 5.41 Å². The molecule has 1 heterocycles. The van der Waals surface area contributed by atoms with E-state index in [1.165, 1.54) is 21.6 Å². The minimum atomic E-state index is -0.0113. The largest absolute Gasteiger partial charge is 0.496 e. The van der Waals surface area contributed by atoms with Gasteiger partial charge >= 0.3 is 0 Å². The summed E-state index contributed by atoms with van der Waals surface area (Å²) in [7, 11) is 3.81. The SMILES string of the molecule is C=C(C)N=C(CC)N(C)CC.CC.CCC(CCCNC=O)c1cnc(-c2cc(C(C)C)c(OC)c(C(C)(C)C)c2)s1. The fourth-order valence-corrected chi connectivity index (χ4v) is 5.61. The predicted octanol–water partition coefficient (Wildman–Crippen LogP) is 9.57. The number of nitrogens with one attached hydrogen (secondary N) is 1. The Balaban J connectivity index is 0.00000109. The average Bonchev–Trinajstić information content (AvgIpc) is 3.45.